The van der Waals surface area contributed by atoms with Gasteiger partial charge >= 0.3 is 12.0 Å². The van der Waals surface area contributed by atoms with E-state index in [1.54, 1.807) is 12.1 Å². The summed E-state index contributed by atoms with van der Waals surface area (Å²) >= 11 is 0. The number of aromatic nitrogens is 4. The summed E-state index contributed by atoms with van der Waals surface area (Å²) < 4.78 is 29.6. The normalized spacial score (nSPS) is 21.1. The number of terminal acetylenes is 1. The number of nitrogens with zero attached hydrogens (tertiary/aromatic N) is 5. The van der Waals surface area contributed by atoms with Gasteiger partial charge < -0.3 is 40.3 Å². The topological polar surface area (TPSA) is 184 Å². The van der Waals surface area contributed by atoms with Crippen LogP contribution in [0.15, 0.2) is 24.3 Å². The molecule has 3 saturated heterocycles. The Hall–Kier alpha value is -5.20. The van der Waals surface area contributed by atoms with Crippen LogP contribution in [0.4, 0.5) is 10.2 Å². The minimum absolute atomic E-state index is 0.0173. The molecular weight excluding hydrogens is 637 g/mol. The van der Waals surface area contributed by atoms with Gasteiger partial charge in [0.25, 0.3) is 12.9 Å². The van der Waals surface area contributed by atoms with E-state index in [4.69, 9.17) is 50.7 Å². The number of ether oxygens (including phenoxy) is 2. The third-order valence-corrected chi connectivity index (χ3v) is 9.37. The monoisotopic (exact) mass is 675 g/mol. The Morgan fingerprint density at radius 2 is 1.76 bits per heavy atom. The smallest absolute Gasteiger partial charge is 0.320 e. The summed E-state index contributed by atoms with van der Waals surface area (Å²) in [5, 5.41) is 32.5. The Morgan fingerprint density at radius 3 is 2.39 bits per heavy atom. The van der Waals surface area contributed by atoms with Crippen LogP contribution in [0.3, 0.4) is 0 Å². The third-order valence-electron chi connectivity index (χ3n) is 9.37. The molecule has 2 bridgehead atoms. The molecule has 1 aliphatic carbocycles. The minimum Gasteiger partial charge on any atom is -0.508 e. The van der Waals surface area contributed by atoms with Gasteiger partial charge in [-0.3, -0.25) is 14.2 Å². The van der Waals surface area contributed by atoms with Gasteiger partial charge in [-0.1, -0.05) is 12.0 Å². The number of hydrogen-bond acceptors (Lipinski definition) is 11. The molecule has 8 rings (SSSR count). The van der Waals surface area contributed by atoms with Crippen molar-refractivity contribution < 1.29 is 38.8 Å². The van der Waals surface area contributed by atoms with Gasteiger partial charge in [-0.05, 0) is 69.0 Å². The maximum Gasteiger partial charge on any atom is 0.320 e. The average Bonchev–Trinajstić information content (AvgIpc) is 3.79. The zero-order valence-corrected chi connectivity index (χ0v) is 26.7. The highest BCUT2D eigenvalue weighted by molar-refractivity contribution is 5.95. The lowest BCUT2D eigenvalue weighted by atomic mass is 9.93. The molecule has 3 aliphatic heterocycles. The van der Waals surface area contributed by atoms with Crippen molar-refractivity contribution in [2.75, 3.05) is 31.1 Å². The number of aromatic hydroxyl groups is 1. The van der Waals surface area contributed by atoms with Crippen LogP contribution in [0.1, 0.15) is 56.6 Å². The number of phenols is 1. The molecule has 49 heavy (non-hydrogen) atoms. The molecule has 1 saturated carbocycles. The molecule has 0 radical (unpaired) electrons. The van der Waals surface area contributed by atoms with E-state index in [1.165, 1.54) is 12.1 Å². The van der Waals surface area contributed by atoms with Gasteiger partial charge in [0, 0.05) is 48.7 Å². The molecule has 3 atom stereocenters. The predicted molar refractivity (Wildman–Crippen MR) is 178 cm³/mol. The Kier molecular flexibility index (Phi) is 10.3. The number of rotatable bonds is 7. The zero-order chi connectivity index (χ0) is 34.5. The van der Waals surface area contributed by atoms with Crippen LogP contribution >= 0.6 is 0 Å². The molecule has 14 nitrogen and oxygen atoms in total. The molecule has 0 amide bonds. The van der Waals surface area contributed by atoms with Gasteiger partial charge in [0.2, 0.25) is 0 Å². The molecule has 4 aliphatic rings. The molecule has 0 spiro atoms. The van der Waals surface area contributed by atoms with E-state index in [0.717, 1.165) is 75.9 Å². The van der Waals surface area contributed by atoms with Crippen molar-refractivity contribution >= 4 is 40.7 Å². The number of hydrogen-bond donors (Lipinski definition) is 5. The van der Waals surface area contributed by atoms with Crippen LogP contribution in [-0.4, -0.2) is 92.1 Å². The number of halogens is 1. The summed E-state index contributed by atoms with van der Waals surface area (Å²) in [5.74, 6) is 2.94. The first kappa shape index (κ1) is 33.7. The maximum atomic E-state index is 14.8. The number of piperazine rings is 1. The lowest BCUT2D eigenvalue weighted by molar-refractivity contribution is -0.123. The Labute approximate surface area is 281 Å². The summed E-state index contributed by atoms with van der Waals surface area (Å²) in [6, 6.07) is 7.71. The van der Waals surface area contributed by atoms with Crippen LogP contribution in [0.25, 0.3) is 21.9 Å². The number of imidazole rings is 1. The molecule has 5 N–H and O–H groups in total. The maximum absolute atomic E-state index is 14.8. The molecule has 4 fully saturated rings. The Morgan fingerprint density at radius 1 is 1.02 bits per heavy atom. The number of fused-ring (bicyclic) bond motifs is 4. The first-order valence-electron chi connectivity index (χ1n) is 16.3. The van der Waals surface area contributed by atoms with Crippen molar-refractivity contribution in [3.05, 3.63) is 35.6 Å². The van der Waals surface area contributed by atoms with Gasteiger partial charge in [-0.25, -0.2) is 4.39 Å². The molecule has 2 unspecified atom stereocenters. The second-order valence-corrected chi connectivity index (χ2v) is 12.4. The molecule has 15 heteroatoms. The highest BCUT2D eigenvalue weighted by Gasteiger charge is 2.36. The SMILES string of the molecule is C#Cc1c(F)ccc2cc(O)cc(Oc3nc4nc(OC[C@@H]5CCCN5)nc(N5CC6CCC(C5)N6)c4n3C3CCC3)c12.O=CO.O=CO. The standard InChI is InChI=1S/C32H34FN7O3.2CH2O2/c1-2-24-25(33)11-8-18-13-23(41)14-26(27(18)24)43-32-37-29-28(40(32)22-6-3-7-22)30(39-15-19-9-10-20(16-39)35-19)38-31(36-29)42-17-21-5-4-12-34-21;2*2-1-3/h1,8,11,13-14,19-22,34-35,41H,3-7,9-10,12,15-17H2;2*1H,(H,2,3)/t19?,20?,21-;;/m0../s1. The number of carboxylic acid groups (broad SMARTS) is 2. The van der Waals surface area contributed by atoms with Crippen molar-refractivity contribution in [3.8, 4) is 35.9 Å². The number of nitrogens with one attached hydrogen (secondary N) is 2. The van der Waals surface area contributed by atoms with Crippen molar-refractivity contribution in [3.63, 3.8) is 0 Å². The molecular formula is C34H38FN7O7. The third kappa shape index (κ3) is 7.01. The summed E-state index contributed by atoms with van der Waals surface area (Å²) in [4.78, 5) is 33.7. The molecule has 2 aromatic carbocycles. The van der Waals surface area contributed by atoms with E-state index in [9.17, 15) is 9.50 Å². The highest BCUT2D eigenvalue weighted by atomic mass is 19.1. The van der Waals surface area contributed by atoms with Crippen LogP contribution in [-0.2, 0) is 9.59 Å². The number of anilines is 1. The van der Waals surface area contributed by atoms with Gasteiger partial charge in [0.15, 0.2) is 11.5 Å². The minimum atomic E-state index is -0.530. The molecule has 5 heterocycles. The zero-order valence-electron chi connectivity index (χ0n) is 26.7. The number of carbonyl (C=O) groups is 2. The summed E-state index contributed by atoms with van der Waals surface area (Å²) in [6.45, 7) is 2.64. The fraction of sp³-hybridized carbons (Fsp3) is 0.441. The molecule has 2 aromatic heterocycles. The van der Waals surface area contributed by atoms with E-state index in [0.29, 0.717) is 47.1 Å². The van der Waals surface area contributed by atoms with Crippen molar-refractivity contribution in [1.29, 1.82) is 0 Å². The summed E-state index contributed by atoms with van der Waals surface area (Å²) in [6.07, 6.45) is 13.2. The van der Waals surface area contributed by atoms with Crippen molar-refractivity contribution in [2.45, 2.75) is 69.1 Å². The fourth-order valence-corrected chi connectivity index (χ4v) is 7.04. The van der Waals surface area contributed by atoms with Gasteiger partial charge in [-0.15, -0.1) is 6.42 Å². The number of benzene rings is 2. The predicted octanol–water partition coefficient (Wildman–Crippen LogP) is 3.80. The van der Waals surface area contributed by atoms with Crippen LogP contribution in [0.5, 0.6) is 23.5 Å². The van der Waals surface area contributed by atoms with Crippen LogP contribution in [0, 0.1) is 18.2 Å². The fourth-order valence-electron chi connectivity index (χ4n) is 7.04. The van der Waals surface area contributed by atoms with Gasteiger partial charge in [0.1, 0.15) is 29.4 Å². The second kappa shape index (κ2) is 14.9. The van der Waals surface area contributed by atoms with Gasteiger partial charge in [0.05, 0.1) is 5.56 Å². The molecule has 258 valence electrons. The van der Waals surface area contributed by atoms with E-state index < -0.39 is 5.82 Å². The van der Waals surface area contributed by atoms with Crippen LogP contribution in [0.2, 0.25) is 0 Å². The first-order chi connectivity index (χ1) is 23.9. The summed E-state index contributed by atoms with van der Waals surface area (Å²) in [7, 11) is 0. The largest absolute Gasteiger partial charge is 0.508 e. The van der Waals surface area contributed by atoms with E-state index in [1.807, 2.05) is 0 Å². The quantitative estimate of drug-likeness (QED) is 0.141. The number of phenolic OH excluding ortho intramolecular Hbond substituents is 1. The second-order valence-electron chi connectivity index (χ2n) is 12.4. The van der Waals surface area contributed by atoms with E-state index in [-0.39, 0.29) is 42.1 Å². The lowest BCUT2D eigenvalue weighted by Gasteiger charge is -2.35. The first-order valence-corrected chi connectivity index (χ1v) is 16.3. The van der Waals surface area contributed by atoms with Crippen LogP contribution < -0.4 is 25.0 Å². The van der Waals surface area contributed by atoms with Crippen molar-refractivity contribution in [1.82, 2.24) is 30.2 Å². The Bertz CT molecular complexity index is 1850. The Balaban J connectivity index is 0.000000650. The summed E-state index contributed by atoms with van der Waals surface area (Å²) in [5.41, 5.74) is 1.37. The van der Waals surface area contributed by atoms with Gasteiger partial charge in [-0.2, -0.15) is 15.0 Å². The van der Waals surface area contributed by atoms with Crippen molar-refractivity contribution in [2.24, 2.45) is 0 Å². The van der Waals surface area contributed by atoms with E-state index in [2.05, 4.69) is 26.0 Å². The average molecular weight is 676 g/mol. The lowest BCUT2D eigenvalue weighted by Crippen LogP contribution is -2.51. The highest BCUT2D eigenvalue weighted by Crippen LogP contribution is 2.44. The molecule has 4 aromatic rings. The van der Waals surface area contributed by atoms with E-state index >= 15 is 0 Å².